The molecule has 1 saturated heterocycles. The van der Waals surface area contributed by atoms with Gasteiger partial charge in [-0.15, -0.1) is 0 Å². The van der Waals surface area contributed by atoms with Crippen LogP contribution in [0.15, 0.2) is 12.7 Å². The predicted molar refractivity (Wildman–Crippen MR) is 137 cm³/mol. The molecule has 0 aromatic rings. The zero-order valence-corrected chi connectivity index (χ0v) is 25.6. The van der Waals surface area contributed by atoms with E-state index in [1.165, 1.54) is 0 Å². The van der Waals surface area contributed by atoms with E-state index in [9.17, 15) is 4.79 Å². The summed E-state index contributed by atoms with van der Waals surface area (Å²) in [5, 5.41) is 0. The van der Waals surface area contributed by atoms with Gasteiger partial charge in [0, 0.05) is 6.08 Å². The lowest BCUT2D eigenvalue weighted by Gasteiger charge is -2.52. The third-order valence-electron chi connectivity index (χ3n) is 5.44. The van der Waals surface area contributed by atoms with Crippen molar-refractivity contribution in [2.45, 2.75) is 103 Å². The number of hydrogen-bond donors (Lipinski definition) is 0. The average Bonchev–Trinajstić information content (AvgIpc) is 2.65. The van der Waals surface area contributed by atoms with Crippen molar-refractivity contribution in [1.82, 2.24) is 0 Å². The molecule has 0 radical (unpaired) electrons. The van der Waals surface area contributed by atoms with Crippen LogP contribution in [-0.2, 0) is 30.7 Å². The Balaban J connectivity index is 3.26. The fourth-order valence-corrected chi connectivity index (χ4v) is 28.3. The van der Waals surface area contributed by atoms with Crippen LogP contribution in [0.1, 0.15) is 53.4 Å². The van der Waals surface area contributed by atoms with Crippen LogP contribution in [0.4, 0.5) is 0 Å². The minimum atomic E-state index is -2.85. The molecule has 188 valence electrons. The summed E-state index contributed by atoms with van der Waals surface area (Å²) < 4.78 is 39.2. The molecule has 0 aromatic carbocycles. The first kappa shape index (κ1) is 29.9. The van der Waals surface area contributed by atoms with Gasteiger partial charge in [-0.25, -0.2) is 4.79 Å². The topological polar surface area (TPSA) is 72.5 Å². The zero-order valence-electron chi connectivity index (χ0n) is 21.6. The molecule has 0 saturated carbocycles. The van der Waals surface area contributed by atoms with E-state index < -0.39 is 40.2 Å². The van der Waals surface area contributed by atoms with E-state index in [1.54, 1.807) is 0 Å². The molecule has 0 bridgehead atoms. The van der Waals surface area contributed by atoms with Gasteiger partial charge in [0.1, 0.15) is 6.61 Å². The van der Waals surface area contributed by atoms with Crippen molar-refractivity contribution < 1.29 is 30.7 Å². The smallest absolute Gasteiger partial charge is 0.347 e. The second-order valence-corrected chi connectivity index (χ2v) is 23.6. The minimum Gasteiger partial charge on any atom is -0.460 e. The molecular weight excluding hydrogens is 477 g/mol. The zero-order chi connectivity index (χ0) is 24.5. The van der Waals surface area contributed by atoms with Crippen molar-refractivity contribution in [3.8, 4) is 0 Å². The first-order valence-corrected chi connectivity index (χ1v) is 22.1. The molecule has 3 unspecified atom stereocenters. The first-order chi connectivity index (χ1) is 14.9. The predicted octanol–water partition coefficient (Wildman–Crippen LogP) is 5.65. The van der Waals surface area contributed by atoms with Gasteiger partial charge < -0.3 is 25.9 Å². The van der Waals surface area contributed by atoms with Gasteiger partial charge in [0.05, 0.1) is 12.3 Å². The Labute approximate surface area is 200 Å². The molecule has 11 heteroatoms. The molecule has 1 rings (SSSR count). The van der Waals surface area contributed by atoms with Crippen LogP contribution in [0.5, 0.6) is 0 Å². The van der Waals surface area contributed by atoms with Crippen LogP contribution in [0.2, 0.25) is 44.3 Å². The fourth-order valence-electron chi connectivity index (χ4n) is 4.66. The molecule has 3 atom stereocenters. The van der Waals surface area contributed by atoms with Gasteiger partial charge in [-0.1, -0.05) is 53.5 Å². The number of esters is 1. The van der Waals surface area contributed by atoms with Gasteiger partial charge >= 0.3 is 40.2 Å². The maximum atomic E-state index is 11.3. The molecule has 0 spiro atoms. The van der Waals surface area contributed by atoms with Gasteiger partial charge in [0.15, 0.2) is 0 Å². The van der Waals surface area contributed by atoms with E-state index in [4.69, 9.17) is 25.9 Å². The van der Waals surface area contributed by atoms with Crippen molar-refractivity contribution in [2.24, 2.45) is 0 Å². The minimum absolute atomic E-state index is 0.174. The molecule has 1 fully saturated rings. The molecule has 7 nitrogen and oxygen atoms in total. The van der Waals surface area contributed by atoms with Crippen molar-refractivity contribution in [2.75, 3.05) is 13.2 Å². The maximum absolute atomic E-state index is 11.3. The SMILES string of the molecule is C=CC(=O)OCCOC(CC)[Si]1(C)O[Si](C)(C)O[Si](C)(CCC)O[Si](CCC)(CCC)O1. The standard InChI is InChI=1S/C21H46O7Si4/c1-10-17-30(8)25-29(6,7)26-31(9,28-32(27-30,18-11-2)19-12-3)21(14-5)24-16-15-23-20(22)13-4/h13,21H,4,10-12,14-19H2,1-3,5-9H3. The van der Waals surface area contributed by atoms with Crippen molar-refractivity contribution in [3.05, 3.63) is 12.7 Å². The van der Waals surface area contributed by atoms with E-state index >= 15 is 0 Å². The summed E-state index contributed by atoms with van der Waals surface area (Å²) in [6, 6.07) is 2.80. The summed E-state index contributed by atoms with van der Waals surface area (Å²) in [4.78, 5) is 11.3. The number of hydrogen-bond acceptors (Lipinski definition) is 7. The number of rotatable bonds is 13. The van der Waals surface area contributed by atoms with Crippen LogP contribution in [0.25, 0.3) is 0 Å². The molecule has 0 N–H and O–H groups in total. The lowest BCUT2D eigenvalue weighted by atomic mass is 10.5. The molecule has 1 aliphatic heterocycles. The number of carbonyl (C=O) groups is 1. The molecular formula is C21H46O7Si4. The Bertz CT molecular complexity index is 601. The Kier molecular flexibility index (Phi) is 12.2. The summed E-state index contributed by atoms with van der Waals surface area (Å²) in [6.45, 7) is 21.0. The van der Waals surface area contributed by atoms with Gasteiger partial charge in [-0.2, -0.15) is 0 Å². The Morgan fingerprint density at radius 1 is 0.875 bits per heavy atom. The largest absolute Gasteiger partial charge is 0.460 e. The summed E-state index contributed by atoms with van der Waals surface area (Å²) in [6.07, 6.45) is 4.93. The van der Waals surface area contributed by atoms with E-state index in [-0.39, 0.29) is 18.9 Å². The fraction of sp³-hybridized carbons (Fsp3) is 0.857. The molecule has 32 heavy (non-hydrogen) atoms. The van der Waals surface area contributed by atoms with Crippen LogP contribution in [-0.4, -0.2) is 59.2 Å². The Morgan fingerprint density at radius 3 is 1.97 bits per heavy atom. The summed E-state index contributed by atoms with van der Waals surface area (Å²) in [5.74, 6) is -0.448. The van der Waals surface area contributed by atoms with Crippen molar-refractivity contribution in [1.29, 1.82) is 0 Å². The van der Waals surface area contributed by atoms with E-state index in [0.29, 0.717) is 0 Å². The van der Waals surface area contributed by atoms with E-state index in [2.05, 4.69) is 60.5 Å². The molecule has 1 aliphatic rings. The van der Waals surface area contributed by atoms with Crippen LogP contribution in [0.3, 0.4) is 0 Å². The highest BCUT2D eigenvalue weighted by Gasteiger charge is 2.59. The quantitative estimate of drug-likeness (QED) is 0.134. The number of carbonyl (C=O) groups excluding carboxylic acids is 1. The summed E-state index contributed by atoms with van der Waals surface area (Å²) in [5.41, 5.74) is -0.207. The van der Waals surface area contributed by atoms with E-state index in [1.807, 2.05) is 0 Å². The van der Waals surface area contributed by atoms with Gasteiger partial charge in [0.2, 0.25) is 0 Å². The second-order valence-electron chi connectivity index (χ2n) is 9.26. The normalized spacial score (nSPS) is 28.4. The van der Waals surface area contributed by atoms with Gasteiger partial charge in [-0.3, -0.25) is 0 Å². The molecule has 0 aliphatic carbocycles. The Morgan fingerprint density at radius 2 is 1.47 bits per heavy atom. The van der Waals surface area contributed by atoms with Crippen LogP contribution < -0.4 is 0 Å². The summed E-state index contributed by atoms with van der Waals surface area (Å²) in [7, 11) is -10.4. The lowest BCUT2D eigenvalue weighted by molar-refractivity contribution is -0.139. The van der Waals surface area contributed by atoms with Gasteiger partial charge in [-0.05, 0) is 50.7 Å². The molecule has 0 aromatic heterocycles. The third-order valence-corrected chi connectivity index (χ3v) is 24.7. The van der Waals surface area contributed by atoms with Gasteiger partial charge in [0.25, 0.3) is 0 Å². The van der Waals surface area contributed by atoms with Crippen LogP contribution in [0, 0.1) is 0 Å². The average molecular weight is 523 g/mol. The Hall–Kier alpha value is -0.122. The van der Waals surface area contributed by atoms with Crippen LogP contribution >= 0.6 is 0 Å². The van der Waals surface area contributed by atoms with E-state index in [0.717, 1.165) is 49.9 Å². The van der Waals surface area contributed by atoms with Crippen molar-refractivity contribution in [3.63, 3.8) is 0 Å². The first-order valence-electron chi connectivity index (χ1n) is 12.1. The highest BCUT2D eigenvalue weighted by Crippen LogP contribution is 2.39. The second kappa shape index (κ2) is 13.1. The molecule has 1 heterocycles. The third kappa shape index (κ3) is 8.91. The lowest BCUT2D eigenvalue weighted by Crippen LogP contribution is -2.70. The highest BCUT2D eigenvalue weighted by molar-refractivity contribution is 6.94. The monoisotopic (exact) mass is 522 g/mol. The number of ether oxygens (including phenoxy) is 2. The van der Waals surface area contributed by atoms with Crippen molar-refractivity contribution >= 4 is 40.2 Å². The highest BCUT2D eigenvalue weighted by atomic mass is 28.5. The maximum Gasteiger partial charge on any atom is 0.347 e. The summed E-state index contributed by atoms with van der Waals surface area (Å²) >= 11 is 0. The molecule has 0 amide bonds.